The van der Waals surface area contributed by atoms with E-state index in [2.05, 4.69) is 42.5 Å². The van der Waals surface area contributed by atoms with Crippen LogP contribution in [0.5, 0.6) is 0 Å². The summed E-state index contributed by atoms with van der Waals surface area (Å²) >= 11 is 0. The summed E-state index contributed by atoms with van der Waals surface area (Å²) in [5.74, 6) is 0.856. The van der Waals surface area contributed by atoms with Crippen molar-refractivity contribution in [1.82, 2.24) is 9.78 Å². The summed E-state index contributed by atoms with van der Waals surface area (Å²) in [5.41, 5.74) is 5.69. The Morgan fingerprint density at radius 1 is 1.08 bits per heavy atom. The van der Waals surface area contributed by atoms with Crippen LogP contribution in [0.3, 0.4) is 0 Å². The lowest BCUT2D eigenvalue weighted by atomic mass is 9.86. The summed E-state index contributed by atoms with van der Waals surface area (Å²) in [4.78, 5) is 12.3. The van der Waals surface area contributed by atoms with Crippen LogP contribution in [0.2, 0.25) is 0 Å². The molecule has 1 amide bonds. The fourth-order valence-electron chi connectivity index (χ4n) is 3.26. The zero-order chi connectivity index (χ0) is 16.7. The molecule has 0 spiro atoms. The number of carbonyl (C=O) groups is 1. The highest BCUT2D eigenvalue weighted by atomic mass is 16.1. The highest BCUT2D eigenvalue weighted by Gasteiger charge is 2.30. The van der Waals surface area contributed by atoms with E-state index in [0.29, 0.717) is 6.42 Å². The van der Waals surface area contributed by atoms with E-state index >= 15 is 0 Å². The Hall–Kier alpha value is -2.88. The van der Waals surface area contributed by atoms with Crippen molar-refractivity contribution in [2.45, 2.75) is 26.2 Å². The lowest BCUT2D eigenvalue weighted by Crippen LogP contribution is -2.24. The van der Waals surface area contributed by atoms with Gasteiger partial charge in [-0.3, -0.25) is 4.79 Å². The number of nitrogens with one attached hydrogen (secondary N) is 1. The molecule has 2 aromatic carbocycles. The first-order valence-corrected chi connectivity index (χ1v) is 8.14. The van der Waals surface area contributed by atoms with Gasteiger partial charge in [0.05, 0.1) is 11.9 Å². The van der Waals surface area contributed by atoms with Gasteiger partial charge in [-0.25, -0.2) is 4.68 Å². The third-order valence-corrected chi connectivity index (χ3v) is 4.75. The lowest BCUT2D eigenvalue weighted by molar-refractivity contribution is -0.116. The summed E-state index contributed by atoms with van der Waals surface area (Å²) in [6.07, 6.45) is 2.33. The highest BCUT2D eigenvalue weighted by molar-refractivity contribution is 5.94. The van der Waals surface area contributed by atoms with Crippen LogP contribution >= 0.6 is 0 Å². The standard InChI is InChI=1S/C20H19N3O/c1-13-8-9-15(10-14(13)2)17-11-19(24)22-20-18(17)12-21-23(20)16-6-4-3-5-7-16/h3-10,12,17H,11H2,1-2H3,(H,22,24)/t17-/m1/s1. The first kappa shape index (κ1) is 14.7. The van der Waals surface area contributed by atoms with Crippen LogP contribution in [-0.2, 0) is 4.79 Å². The van der Waals surface area contributed by atoms with Gasteiger partial charge >= 0.3 is 0 Å². The highest BCUT2D eigenvalue weighted by Crippen LogP contribution is 2.38. The van der Waals surface area contributed by atoms with Gasteiger partial charge in [-0.05, 0) is 42.7 Å². The van der Waals surface area contributed by atoms with Crippen LogP contribution < -0.4 is 5.32 Å². The van der Waals surface area contributed by atoms with Crippen molar-refractivity contribution in [2.75, 3.05) is 5.32 Å². The molecule has 1 aliphatic heterocycles. The molecule has 4 rings (SSSR count). The van der Waals surface area contributed by atoms with Crippen molar-refractivity contribution < 1.29 is 4.79 Å². The van der Waals surface area contributed by atoms with Crippen LogP contribution in [-0.4, -0.2) is 15.7 Å². The minimum atomic E-state index is 0.0309. The predicted molar refractivity (Wildman–Crippen MR) is 94.6 cm³/mol. The Labute approximate surface area is 141 Å². The smallest absolute Gasteiger partial charge is 0.226 e. The van der Waals surface area contributed by atoms with Gasteiger partial charge in [0, 0.05) is 17.9 Å². The predicted octanol–water partition coefficient (Wildman–Crippen LogP) is 3.96. The number of benzene rings is 2. The first-order chi connectivity index (χ1) is 11.6. The monoisotopic (exact) mass is 317 g/mol. The Morgan fingerprint density at radius 2 is 1.88 bits per heavy atom. The molecule has 2 heterocycles. The van der Waals surface area contributed by atoms with Crippen LogP contribution in [0.4, 0.5) is 5.82 Å². The average molecular weight is 317 g/mol. The molecule has 0 unspecified atom stereocenters. The van der Waals surface area contributed by atoms with Crippen LogP contribution in [0.25, 0.3) is 5.69 Å². The number of aryl methyl sites for hydroxylation is 2. The maximum absolute atomic E-state index is 12.3. The minimum absolute atomic E-state index is 0.0309. The molecular formula is C20H19N3O. The molecule has 1 aliphatic rings. The number of anilines is 1. The van der Waals surface area contributed by atoms with Crippen molar-refractivity contribution in [3.05, 3.63) is 77.0 Å². The molecule has 3 aromatic rings. The molecule has 4 heteroatoms. The number of amides is 1. The van der Waals surface area contributed by atoms with Crippen molar-refractivity contribution in [2.24, 2.45) is 0 Å². The fraction of sp³-hybridized carbons (Fsp3) is 0.200. The number of aromatic nitrogens is 2. The molecular weight excluding hydrogens is 298 g/mol. The molecule has 120 valence electrons. The summed E-state index contributed by atoms with van der Waals surface area (Å²) in [6, 6.07) is 16.3. The van der Waals surface area contributed by atoms with E-state index in [0.717, 1.165) is 17.1 Å². The molecule has 0 radical (unpaired) electrons. The number of hydrogen-bond donors (Lipinski definition) is 1. The topological polar surface area (TPSA) is 46.9 Å². The maximum Gasteiger partial charge on any atom is 0.226 e. The number of fused-ring (bicyclic) bond motifs is 1. The van der Waals surface area contributed by atoms with Crippen molar-refractivity contribution in [3.63, 3.8) is 0 Å². The van der Waals surface area contributed by atoms with Crippen LogP contribution in [0.1, 0.15) is 34.6 Å². The largest absolute Gasteiger partial charge is 0.310 e. The molecule has 0 fully saturated rings. The Morgan fingerprint density at radius 3 is 2.62 bits per heavy atom. The van der Waals surface area contributed by atoms with E-state index in [9.17, 15) is 4.79 Å². The van der Waals surface area contributed by atoms with Gasteiger partial charge in [-0.15, -0.1) is 0 Å². The summed E-state index contributed by atoms with van der Waals surface area (Å²) < 4.78 is 1.81. The van der Waals surface area contributed by atoms with Crippen molar-refractivity contribution in [1.29, 1.82) is 0 Å². The van der Waals surface area contributed by atoms with Gasteiger partial charge in [0.1, 0.15) is 5.82 Å². The molecule has 0 aliphatic carbocycles. The van der Waals surface area contributed by atoms with E-state index < -0.39 is 0 Å². The Balaban J connectivity index is 1.82. The molecule has 1 N–H and O–H groups in total. The van der Waals surface area contributed by atoms with Gasteiger partial charge in [0.25, 0.3) is 0 Å². The lowest BCUT2D eigenvalue weighted by Gasteiger charge is -2.24. The Kier molecular flexibility index (Phi) is 3.45. The maximum atomic E-state index is 12.3. The van der Waals surface area contributed by atoms with Gasteiger partial charge in [-0.1, -0.05) is 36.4 Å². The second-order valence-electron chi connectivity index (χ2n) is 6.34. The minimum Gasteiger partial charge on any atom is -0.310 e. The van der Waals surface area contributed by atoms with E-state index in [1.807, 2.05) is 36.5 Å². The van der Waals surface area contributed by atoms with Gasteiger partial charge in [0.2, 0.25) is 5.91 Å². The molecule has 1 aromatic heterocycles. The van der Waals surface area contributed by atoms with E-state index in [1.165, 1.54) is 16.7 Å². The Bertz CT molecular complexity index is 912. The zero-order valence-corrected chi connectivity index (χ0v) is 13.8. The number of carbonyl (C=O) groups excluding carboxylic acids is 1. The summed E-state index contributed by atoms with van der Waals surface area (Å²) in [5, 5.41) is 7.51. The molecule has 0 saturated carbocycles. The van der Waals surface area contributed by atoms with E-state index in [-0.39, 0.29) is 11.8 Å². The summed E-state index contributed by atoms with van der Waals surface area (Å²) in [6.45, 7) is 4.21. The number of rotatable bonds is 2. The van der Waals surface area contributed by atoms with Crippen LogP contribution in [0, 0.1) is 13.8 Å². The number of para-hydroxylation sites is 1. The quantitative estimate of drug-likeness (QED) is 0.777. The van der Waals surface area contributed by atoms with Crippen molar-refractivity contribution in [3.8, 4) is 5.69 Å². The van der Waals surface area contributed by atoms with Crippen LogP contribution in [0.15, 0.2) is 54.7 Å². The second-order valence-corrected chi connectivity index (χ2v) is 6.34. The fourth-order valence-corrected chi connectivity index (χ4v) is 3.26. The van der Waals surface area contributed by atoms with E-state index in [1.54, 1.807) is 4.68 Å². The third kappa shape index (κ3) is 2.40. The molecule has 24 heavy (non-hydrogen) atoms. The second kappa shape index (κ2) is 5.64. The number of hydrogen-bond acceptors (Lipinski definition) is 2. The normalized spacial score (nSPS) is 16.6. The molecule has 1 atom stereocenters. The molecule has 0 saturated heterocycles. The molecule has 4 nitrogen and oxygen atoms in total. The van der Waals surface area contributed by atoms with Gasteiger partial charge in [0.15, 0.2) is 0 Å². The zero-order valence-electron chi connectivity index (χ0n) is 13.8. The SMILES string of the molecule is Cc1ccc([C@H]2CC(=O)Nc3c2cnn3-c2ccccc2)cc1C. The average Bonchev–Trinajstić information content (AvgIpc) is 3.01. The van der Waals surface area contributed by atoms with Gasteiger partial charge in [-0.2, -0.15) is 5.10 Å². The molecule has 0 bridgehead atoms. The van der Waals surface area contributed by atoms with Crippen molar-refractivity contribution >= 4 is 11.7 Å². The van der Waals surface area contributed by atoms with Gasteiger partial charge < -0.3 is 5.32 Å². The van der Waals surface area contributed by atoms with E-state index in [4.69, 9.17) is 0 Å². The summed E-state index contributed by atoms with van der Waals surface area (Å²) in [7, 11) is 0. The number of nitrogens with zero attached hydrogens (tertiary/aromatic N) is 2. The first-order valence-electron chi connectivity index (χ1n) is 8.14. The third-order valence-electron chi connectivity index (χ3n) is 4.75.